The molecule has 0 aliphatic rings. The van der Waals surface area contributed by atoms with Crippen LogP contribution < -0.4 is 14.8 Å². The quantitative estimate of drug-likeness (QED) is 0.664. The van der Waals surface area contributed by atoms with Gasteiger partial charge in [-0.1, -0.05) is 13.8 Å². The molecule has 0 heterocycles. The molecule has 8 heteroatoms. The van der Waals surface area contributed by atoms with Crippen molar-refractivity contribution in [2.75, 3.05) is 19.0 Å². The highest BCUT2D eigenvalue weighted by Crippen LogP contribution is 2.29. The highest BCUT2D eigenvalue weighted by atomic mass is 19.1. The zero-order valence-corrected chi connectivity index (χ0v) is 16.6. The van der Waals surface area contributed by atoms with Crippen LogP contribution >= 0.6 is 0 Å². The van der Waals surface area contributed by atoms with Gasteiger partial charge in [-0.25, -0.2) is 13.6 Å². The van der Waals surface area contributed by atoms with Crippen LogP contribution in [0.15, 0.2) is 36.4 Å². The second kappa shape index (κ2) is 9.86. The molecule has 0 unspecified atom stereocenters. The average molecular weight is 407 g/mol. The predicted octanol–water partition coefficient (Wildman–Crippen LogP) is 4.19. The summed E-state index contributed by atoms with van der Waals surface area (Å²) in [5, 5.41) is 2.25. The van der Waals surface area contributed by atoms with Gasteiger partial charge in [-0.05, 0) is 43.2 Å². The van der Waals surface area contributed by atoms with Crippen molar-refractivity contribution in [2.45, 2.75) is 26.9 Å². The third kappa shape index (κ3) is 6.17. The van der Waals surface area contributed by atoms with Crippen LogP contribution in [0, 0.1) is 17.6 Å². The van der Waals surface area contributed by atoms with E-state index in [1.807, 2.05) is 13.8 Å². The Hall–Kier alpha value is -3.16. The smallest absolute Gasteiger partial charge is 0.339 e. The van der Waals surface area contributed by atoms with E-state index in [2.05, 4.69) is 5.32 Å². The summed E-state index contributed by atoms with van der Waals surface area (Å²) in [4.78, 5) is 24.5. The summed E-state index contributed by atoms with van der Waals surface area (Å²) in [6, 6.07) is 7.24. The highest BCUT2D eigenvalue weighted by Gasteiger charge is 2.21. The molecule has 0 saturated carbocycles. The van der Waals surface area contributed by atoms with E-state index in [-0.39, 0.29) is 11.3 Å². The summed E-state index contributed by atoms with van der Waals surface area (Å²) in [6.07, 6.45) is -1.21. The Morgan fingerprint density at radius 2 is 1.76 bits per heavy atom. The standard InChI is InChI=1S/C21H23F2NO5/c1-12(2)11-28-18-8-5-14(9-19(18)27-4)21(26)29-13(3)20(25)24-17-7-6-15(22)10-16(17)23/h5-10,12-13H,11H2,1-4H3,(H,24,25)/t13-/m1/s1. The lowest BCUT2D eigenvalue weighted by Gasteiger charge is -2.16. The van der Waals surface area contributed by atoms with E-state index in [9.17, 15) is 18.4 Å². The maximum atomic E-state index is 13.6. The van der Waals surface area contributed by atoms with Gasteiger partial charge in [0.25, 0.3) is 5.91 Å². The van der Waals surface area contributed by atoms with E-state index >= 15 is 0 Å². The third-order valence-corrected chi connectivity index (χ3v) is 3.81. The average Bonchev–Trinajstić information content (AvgIpc) is 2.68. The van der Waals surface area contributed by atoms with Gasteiger partial charge in [0.2, 0.25) is 0 Å². The monoisotopic (exact) mass is 407 g/mol. The molecule has 1 amide bonds. The minimum absolute atomic E-state index is 0.159. The van der Waals surface area contributed by atoms with E-state index in [1.165, 1.54) is 26.2 Å². The lowest BCUT2D eigenvalue weighted by atomic mass is 10.2. The molecular weight excluding hydrogens is 384 g/mol. The van der Waals surface area contributed by atoms with E-state index in [1.54, 1.807) is 6.07 Å². The van der Waals surface area contributed by atoms with Crippen molar-refractivity contribution >= 4 is 17.6 Å². The normalized spacial score (nSPS) is 11.7. The van der Waals surface area contributed by atoms with Crippen molar-refractivity contribution in [3.05, 3.63) is 53.6 Å². The second-order valence-corrected chi connectivity index (χ2v) is 6.73. The molecule has 0 spiro atoms. The largest absolute Gasteiger partial charge is 0.493 e. The fourth-order valence-corrected chi connectivity index (χ4v) is 2.28. The molecule has 0 aromatic heterocycles. The number of methoxy groups -OCH3 is 1. The van der Waals surface area contributed by atoms with Crippen molar-refractivity contribution < 1.29 is 32.6 Å². The maximum Gasteiger partial charge on any atom is 0.339 e. The van der Waals surface area contributed by atoms with E-state index < -0.39 is 29.6 Å². The Bertz CT molecular complexity index is 885. The lowest BCUT2D eigenvalue weighted by Crippen LogP contribution is -2.30. The molecule has 156 valence electrons. The van der Waals surface area contributed by atoms with Gasteiger partial charge in [0.15, 0.2) is 17.6 Å². The Balaban J connectivity index is 2.03. The van der Waals surface area contributed by atoms with Gasteiger partial charge in [-0.2, -0.15) is 0 Å². The van der Waals surface area contributed by atoms with E-state index in [0.29, 0.717) is 30.1 Å². The number of carbonyl (C=O) groups excluding carboxylic acids is 2. The first-order chi connectivity index (χ1) is 13.7. The Morgan fingerprint density at radius 3 is 2.38 bits per heavy atom. The summed E-state index contributed by atoms with van der Waals surface area (Å²) in [6.45, 7) is 5.83. The Kier molecular flexibility index (Phi) is 7.52. The Morgan fingerprint density at radius 1 is 1.03 bits per heavy atom. The summed E-state index contributed by atoms with van der Waals surface area (Å²) >= 11 is 0. The maximum absolute atomic E-state index is 13.6. The molecule has 2 aromatic carbocycles. The number of ether oxygens (including phenoxy) is 3. The molecular formula is C21H23F2NO5. The zero-order valence-electron chi connectivity index (χ0n) is 16.6. The summed E-state index contributed by atoms with van der Waals surface area (Å²) in [5.74, 6) is -2.07. The predicted molar refractivity (Wildman–Crippen MR) is 103 cm³/mol. The number of halogens is 2. The van der Waals surface area contributed by atoms with Crippen LogP contribution in [0.5, 0.6) is 11.5 Å². The summed E-state index contributed by atoms with van der Waals surface area (Å²) in [5.41, 5.74) is -0.0565. The molecule has 2 rings (SSSR count). The van der Waals surface area contributed by atoms with Gasteiger partial charge < -0.3 is 19.5 Å². The van der Waals surface area contributed by atoms with Crippen LogP contribution in [0.2, 0.25) is 0 Å². The number of hydrogen-bond acceptors (Lipinski definition) is 5. The number of esters is 1. The van der Waals surface area contributed by atoms with E-state index in [4.69, 9.17) is 14.2 Å². The van der Waals surface area contributed by atoms with Crippen LogP contribution in [0.1, 0.15) is 31.1 Å². The third-order valence-electron chi connectivity index (χ3n) is 3.81. The van der Waals surface area contributed by atoms with Gasteiger partial charge in [0.05, 0.1) is 25.0 Å². The minimum atomic E-state index is -1.21. The first-order valence-corrected chi connectivity index (χ1v) is 8.99. The first kappa shape index (κ1) is 22.1. The Labute approximate surface area is 167 Å². The van der Waals surface area contributed by atoms with Crippen LogP contribution in [-0.4, -0.2) is 31.7 Å². The molecule has 29 heavy (non-hydrogen) atoms. The fraction of sp³-hybridized carbons (Fsp3) is 0.333. The number of hydrogen-bond donors (Lipinski definition) is 1. The summed E-state index contributed by atoms with van der Waals surface area (Å²) in [7, 11) is 1.44. The molecule has 0 aliphatic carbocycles. The van der Waals surface area contributed by atoms with Crippen molar-refractivity contribution in [3.8, 4) is 11.5 Å². The van der Waals surface area contributed by atoms with Crippen molar-refractivity contribution in [2.24, 2.45) is 5.92 Å². The highest BCUT2D eigenvalue weighted by molar-refractivity contribution is 5.97. The number of nitrogens with one attached hydrogen (secondary N) is 1. The molecule has 0 bridgehead atoms. The number of rotatable bonds is 8. The van der Waals surface area contributed by atoms with Crippen LogP contribution in [0.3, 0.4) is 0 Å². The molecule has 0 radical (unpaired) electrons. The minimum Gasteiger partial charge on any atom is -0.493 e. The first-order valence-electron chi connectivity index (χ1n) is 8.99. The van der Waals surface area contributed by atoms with Crippen LogP contribution in [0.25, 0.3) is 0 Å². The number of anilines is 1. The molecule has 0 fully saturated rings. The second-order valence-electron chi connectivity index (χ2n) is 6.73. The van der Waals surface area contributed by atoms with Crippen molar-refractivity contribution in [1.29, 1.82) is 0 Å². The number of amides is 1. The SMILES string of the molecule is COc1cc(C(=O)O[C@H](C)C(=O)Nc2ccc(F)cc2F)ccc1OCC(C)C. The molecule has 6 nitrogen and oxygen atoms in total. The van der Waals surface area contributed by atoms with Gasteiger partial charge in [0, 0.05) is 6.07 Å². The van der Waals surface area contributed by atoms with Crippen molar-refractivity contribution in [3.63, 3.8) is 0 Å². The molecule has 0 aliphatic heterocycles. The number of carbonyl (C=O) groups is 2. The lowest BCUT2D eigenvalue weighted by molar-refractivity contribution is -0.123. The zero-order chi connectivity index (χ0) is 21.6. The fourth-order valence-electron chi connectivity index (χ4n) is 2.28. The molecule has 0 saturated heterocycles. The van der Waals surface area contributed by atoms with E-state index in [0.717, 1.165) is 12.1 Å². The summed E-state index contributed by atoms with van der Waals surface area (Å²) < 4.78 is 42.6. The van der Waals surface area contributed by atoms with Gasteiger partial charge in [-0.15, -0.1) is 0 Å². The van der Waals surface area contributed by atoms with Crippen LogP contribution in [-0.2, 0) is 9.53 Å². The molecule has 1 atom stereocenters. The molecule has 2 aromatic rings. The number of benzene rings is 2. The van der Waals surface area contributed by atoms with Gasteiger partial charge >= 0.3 is 5.97 Å². The van der Waals surface area contributed by atoms with Gasteiger partial charge in [0.1, 0.15) is 11.6 Å². The van der Waals surface area contributed by atoms with Crippen LogP contribution in [0.4, 0.5) is 14.5 Å². The van der Waals surface area contributed by atoms with Crippen molar-refractivity contribution in [1.82, 2.24) is 0 Å². The molecule has 1 N–H and O–H groups in total. The van der Waals surface area contributed by atoms with Gasteiger partial charge in [-0.3, -0.25) is 4.79 Å². The topological polar surface area (TPSA) is 73.9 Å².